The minimum atomic E-state index is 0.291. The molecular weight excluding hydrogens is 248 g/mol. The van der Waals surface area contributed by atoms with E-state index in [1.807, 2.05) is 0 Å². The third kappa shape index (κ3) is 3.05. The third-order valence-corrected chi connectivity index (χ3v) is 4.46. The summed E-state index contributed by atoms with van der Waals surface area (Å²) in [5.74, 6) is 0.802. The number of hydrogen-bond acceptors (Lipinski definition) is 3. The van der Waals surface area contributed by atoms with Gasteiger partial charge >= 0.3 is 0 Å². The number of benzene rings is 1. The molecule has 2 fully saturated rings. The molecule has 110 valence electrons. The molecule has 1 aromatic carbocycles. The van der Waals surface area contributed by atoms with Crippen LogP contribution in [0, 0.1) is 0 Å². The first kappa shape index (κ1) is 14.1. The molecule has 0 radical (unpaired) electrons. The van der Waals surface area contributed by atoms with Crippen LogP contribution in [-0.4, -0.2) is 36.7 Å². The molecule has 1 aliphatic carbocycles. The molecule has 1 unspecified atom stereocenters. The van der Waals surface area contributed by atoms with E-state index >= 15 is 0 Å². The Bertz CT molecular complexity index is 448. The molecule has 1 saturated carbocycles. The lowest BCUT2D eigenvalue weighted by atomic mass is 9.99. The Kier molecular flexibility index (Phi) is 4.11. The number of hydrogen-bond donors (Lipinski definition) is 1. The maximum absolute atomic E-state index is 6.09. The monoisotopic (exact) mass is 274 g/mol. The van der Waals surface area contributed by atoms with Gasteiger partial charge in [0.25, 0.3) is 0 Å². The van der Waals surface area contributed by atoms with Crippen molar-refractivity contribution in [1.29, 1.82) is 0 Å². The third-order valence-electron chi connectivity index (χ3n) is 4.46. The van der Waals surface area contributed by atoms with Gasteiger partial charge in [-0.1, -0.05) is 24.3 Å². The molecule has 2 aliphatic rings. The normalized spacial score (nSPS) is 29.4. The van der Waals surface area contributed by atoms with E-state index in [4.69, 9.17) is 10.5 Å². The van der Waals surface area contributed by atoms with Crippen LogP contribution in [0.2, 0.25) is 0 Å². The molecule has 0 bridgehead atoms. The van der Waals surface area contributed by atoms with Crippen LogP contribution < -0.4 is 5.73 Å². The van der Waals surface area contributed by atoms with Crippen LogP contribution in [0.15, 0.2) is 24.3 Å². The van der Waals surface area contributed by atoms with Crippen molar-refractivity contribution in [3.63, 3.8) is 0 Å². The highest BCUT2D eigenvalue weighted by molar-refractivity contribution is 5.31. The van der Waals surface area contributed by atoms with E-state index in [9.17, 15) is 0 Å². The Morgan fingerprint density at radius 2 is 1.95 bits per heavy atom. The summed E-state index contributed by atoms with van der Waals surface area (Å²) in [6.07, 6.45) is 3.28. The van der Waals surface area contributed by atoms with Gasteiger partial charge in [0.15, 0.2) is 0 Å². The first-order valence-corrected chi connectivity index (χ1v) is 7.86. The summed E-state index contributed by atoms with van der Waals surface area (Å²) in [4.78, 5) is 2.49. The lowest BCUT2D eigenvalue weighted by molar-refractivity contribution is -0.0799. The van der Waals surface area contributed by atoms with Crippen molar-refractivity contribution in [3.8, 4) is 0 Å². The summed E-state index contributed by atoms with van der Waals surface area (Å²) < 4.78 is 5.84. The largest absolute Gasteiger partial charge is 0.373 e. The van der Waals surface area contributed by atoms with Crippen molar-refractivity contribution < 1.29 is 4.74 Å². The first-order valence-electron chi connectivity index (χ1n) is 7.86. The van der Waals surface area contributed by atoms with Gasteiger partial charge in [-0.05, 0) is 43.7 Å². The predicted molar refractivity (Wildman–Crippen MR) is 81.8 cm³/mol. The number of ether oxygens (including phenoxy) is 1. The minimum Gasteiger partial charge on any atom is -0.373 e. The van der Waals surface area contributed by atoms with Crippen LogP contribution in [0.3, 0.4) is 0 Å². The average molecular weight is 274 g/mol. The molecule has 1 saturated heterocycles. The van der Waals surface area contributed by atoms with E-state index in [0.717, 1.165) is 19.0 Å². The van der Waals surface area contributed by atoms with Gasteiger partial charge in [0, 0.05) is 25.7 Å². The fourth-order valence-corrected chi connectivity index (χ4v) is 3.41. The first-order chi connectivity index (χ1) is 9.67. The van der Waals surface area contributed by atoms with Crippen LogP contribution in [0.4, 0.5) is 0 Å². The zero-order valence-electron chi connectivity index (χ0n) is 12.6. The molecule has 3 nitrogen and oxygen atoms in total. The number of morpholine rings is 1. The second-order valence-corrected chi connectivity index (χ2v) is 6.41. The highest BCUT2D eigenvalue weighted by Crippen LogP contribution is 2.40. The molecule has 0 amide bonds. The molecule has 1 aromatic rings. The SMILES string of the molecule is C[C@@H]1CN(C(CN)c2cccc(C3CC3)c2)C[C@H](C)O1. The Labute approximate surface area is 122 Å². The van der Waals surface area contributed by atoms with Crippen LogP contribution in [0.1, 0.15) is 49.8 Å². The van der Waals surface area contributed by atoms with Crippen molar-refractivity contribution in [2.75, 3.05) is 19.6 Å². The summed E-state index contributed by atoms with van der Waals surface area (Å²) in [6.45, 7) is 6.92. The number of nitrogens with two attached hydrogens (primary N) is 1. The van der Waals surface area contributed by atoms with E-state index in [-0.39, 0.29) is 0 Å². The Balaban J connectivity index is 1.79. The zero-order valence-corrected chi connectivity index (χ0v) is 12.6. The molecular formula is C17H26N2O. The highest BCUT2D eigenvalue weighted by atomic mass is 16.5. The summed E-state index contributed by atoms with van der Waals surface area (Å²) in [5, 5.41) is 0. The van der Waals surface area contributed by atoms with Crippen molar-refractivity contribution in [2.45, 2.75) is 50.9 Å². The highest BCUT2D eigenvalue weighted by Gasteiger charge is 2.29. The Hall–Kier alpha value is -0.900. The van der Waals surface area contributed by atoms with Gasteiger partial charge < -0.3 is 10.5 Å². The van der Waals surface area contributed by atoms with E-state index in [1.165, 1.54) is 24.0 Å². The molecule has 1 heterocycles. The lowest BCUT2D eigenvalue weighted by Gasteiger charge is -2.40. The van der Waals surface area contributed by atoms with Crippen molar-refractivity contribution >= 4 is 0 Å². The van der Waals surface area contributed by atoms with Gasteiger partial charge in [-0.3, -0.25) is 4.90 Å². The van der Waals surface area contributed by atoms with Crippen molar-refractivity contribution in [3.05, 3.63) is 35.4 Å². The summed E-state index contributed by atoms with van der Waals surface area (Å²) in [6, 6.07) is 9.38. The van der Waals surface area contributed by atoms with Crippen molar-refractivity contribution in [2.24, 2.45) is 5.73 Å². The van der Waals surface area contributed by atoms with Gasteiger partial charge in [0.05, 0.1) is 12.2 Å². The molecule has 2 N–H and O–H groups in total. The molecule has 0 spiro atoms. The maximum Gasteiger partial charge on any atom is 0.0678 e. The lowest BCUT2D eigenvalue weighted by Crippen LogP contribution is -2.48. The quantitative estimate of drug-likeness (QED) is 0.917. The van der Waals surface area contributed by atoms with Gasteiger partial charge in [-0.15, -0.1) is 0 Å². The molecule has 3 atom stereocenters. The molecule has 0 aromatic heterocycles. The smallest absolute Gasteiger partial charge is 0.0678 e. The van der Waals surface area contributed by atoms with Crippen molar-refractivity contribution in [1.82, 2.24) is 4.90 Å². The second kappa shape index (κ2) is 5.84. The predicted octanol–water partition coefficient (Wildman–Crippen LogP) is 2.67. The summed E-state index contributed by atoms with van der Waals surface area (Å²) in [7, 11) is 0. The topological polar surface area (TPSA) is 38.5 Å². The van der Waals surface area contributed by atoms with E-state index < -0.39 is 0 Å². The van der Waals surface area contributed by atoms with E-state index in [2.05, 4.69) is 43.0 Å². The minimum absolute atomic E-state index is 0.291. The van der Waals surface area contributed by atoms with Gasteiger partial charge in [-0.25, -0.2) is 0 Å². The Morgan fingerprint density at radius 1 is 1.25 bits per heavy atom. The summed E-state index contributed by atoms with van der Waals surface area (Å²) in [5.41, 5.74) is 8.95. The van der Waals surface area contributed by atoms with Gasteiger partial charge in [0.1, 0.15) is 0 Å². The molecule has 3 heteroatoms. The molecule has 3 rings (SSSR count). The average Bonchev–Trinajstić information content (AvgIpc) is 3.23. The van der Waals surface area contributed by atoms with E-state index in [0.29, 0.717) is 24.8 Å². The number of nitrogens with zero attached hydrogens (tertiary/aromatic N) is 1. The van der Waals surface area contributed by atoms with Gasteiger partial charge in [-0.2, -0.15) is 0 Å². The molecule has 1 aliphatic heterocycles. The number of rotatable bonds is 4. The maximum atomic E-state index is 6.09. The van der Waals surface area contributed by atoms with Crippen LogP contribution in [0.25, 0.3) is 0 Å². The second-order valence-electron chi connectivity index (χ2n) is 6.41. The van der Waals surface area contributed by atoms with Crippen LogP contribution >= 0.6 is 0 Å². The van der Waals surface area contributed by atoms with Crippen LogP contribution in [0.5, 0.6) is 0 Å². The van der Waals surface area contributed by atoms with E-state index in [1.54, 1.807) is 0 Å². The van der Waals surface area contributed by atoms with Crippen LogP contribution in [-0.2, 0) is 4.74 Å². The fraction of sp³-hybridized carbons (Fsp3) is 0.647. The Morgan fingerprint density at radius 3 is 2.55 bits per heavy atom. The summed E-state index contributed by atoms with van der Waals surface area (Å²) >= 11 is 0. The fourth-order valence-electron chi connectivity index (χ4n) is 3.41. The standard InChI is InChI=1S/C17H26N2O/c1-12-10-19(11-13(2)20-12)17(9-18)16-5-3-4-15(8-16)14-6-7-14/h3-5,8,12-14,17H,6-7,9-11,18H2,1-2H3/t12-,13+,17?. The molecule has 20 heavy (non-hydrogen) atoms. The van der Waals surface area contributed by atoms with Gasteiger partial charge in [0.2, 0.25) is 0 Å². The zero-order chi connectivity index (χ0) is 14.1.